The smallest absolute Gasteiger partial charge is 0.414 e. The zero-order chi connectivity index (χ0) is 18.4. The Bertz CT molecular complexity index is 711. The number of carbonyl (C=O) groups is 1. The van der Waals surface area contributed by atoms with Crippen LogP contribution in [0, 0.1) is 0 Å². The first kappa shape index (κ1) is 19.2. The average molecular weight is 359 g/mol. The lowest BCUT2D eigenvalue weighted by Crippen LogP contribution is -2.34. The fourth-order valence-corrected chi connectivity index (χ4v) is 2.61. The van der Waals surface area contributed by atoms with Gasteiger partial charge in [0, 0.05) is 11.9 Å². The summed E-state index contributed by atoms with van der Waals surface area (Å²) in [6.07, 6.45) is 1.59. The van der Waals surface area contributed by atoms with Crippen molar-refractivity contribution in [3.63, 3.8) is 0 Å². The first-order valence-corrected chi connectivity index (χ1v) is 9.34. The Morgan fingerprint density at radius 1 is 1.12 bits per heavy atom. The first-order valence-electron chi connectivity index (χ1n) is 8.11. The van der Waals surface area contributed by atoms with Crippen LogP contribution in [0.3, 0.4) is 0 Å². The van der Waals surface area contributed by atoms with Crippen LogP contribution < -0.4 is 9.64 Å². The molecule has 2 aromatic rings. The molecule has 0 fully saturated rings. The number of thioether (sulfide) groups is 1. The maximum absolute atomic E-state index is 12.4. The Labute approximate surface area is 154 Å². The molecule has 0 aliphatic heterocycles. The van der Waals surface area contributed by atoms with Crippen LogP contribution >= 0.6 is 11.8 Å². The van der Waals surface area contributed by atoms with E-state index in [1.54, 1.807) is 18.8 Å². The van der Waals surface area contributed by atoms with Crippen molar-refractivity contribution in [3.8, 4) is 5.75 Å². The van der Waals surface area contributed by atoms with Gasteiger partial charge in [0.25, 0.3) is 0 Å². The van der Waals surface area contributed by atoms with Crippen molar-refractivity contribution in [1.82, 2.24) is 0 Å². The summed E-state index contributed by atoms with van der Waals surface area (Å²) in [5.41, 5.74) is 1.22. The molecule has 0 saturated heterocycles. The Morgan fingerprint density at radius 2 is 1.80 bits per heavy atom. The van der Waals surface area contributed by atoms with Crippen molar-refractivity contribution in [2.45, 2.75) is 37.9 Å². The molecule has 0 radical (unpaired) electrons. The largest absolute Gasteiger partial charge is 0.487 e. The number of amides is 1. The number of anilines is 1. The van der Waals surface area contributed by atoms with E-state index in [-0.39, 0.29) is 0 Å². The third-order valence-electron chi connectivity index (χ3n) is 3.43. The molecule has 0 aromatic heterocycles. The Morgan fingerprint density at radius 3 is 2.40 bits per heavy atom. The Hall–Kier alpha value is -2.14. The van der Waals surface area contributed by atoms with Gasteiger partial charge in [-0.05, 0) is 50.8 Å². The van der Waals surface area contributed by atoms with Crippen LogP contribution in [0.25, 0.3) is 0 Å². The molecule has 5 heteroatoms. The highest BCUT2D eigenvalue weighted by Gasteiger charge is 2.23. The third-order valence-corrected chi connectivity index (χ3v) is 4.16. The average Bonchev–Trinajstić information content (AvgIpc) is 2.58. The SMILES string of the molecule is CSc1ccc(OCc2ccccc2)c(N(C)C(=O)OC(C)(C)C)c1. The quantitative estimate of drug-likeness (QED) is 0.674. The van der Waals surface area contributed by atoms with E-state index in [1.165, 1.54) is 4.90 Å². The molecule has 0 unspecified atom stereocenters. The van der Waals surface area contributed by atoms with Gasteiger partial charge in [0.2, 0.25) is 0 Å². The molecular weight excluding hydrogens is 334 g/mol. The zero-order valence-corrected chi connectivity index (χ0v) is 16.2. The van der Waals surface area contributed by atoms with Gasteiger partial charge in [-0.3, -0.25) is 4.90 Å². The van der Waals surface area contributed by atoms with Gasteiger partial charge in [-0.1, -0.05) is 30.3 Å². The second kappa shape index (κ2) is 8.30. The lowest BCUT2D eigenvalue weighted by atomic mass is 10.2. The fourth-order valence-electron chi connectivity index (χ4n) is 2.17. The van der Waals surface area contributed by atoms with Gasteiger partial charge in [0.05, 0.1) is 5.69 Å². The molecule has 25 heavy (non-hydrogen) atoms. The van der Waals surface area contributed by atoms with E-state index >= 15 is 0 Å². The second-order valence-corrected chi connectivity index (χ2v) is 7.53. The summed E-state index contributed by atoms with van der Waals surface area (Å²) >= 11 is 1.61. The first-order chi connectivity index (χ1) is 11.8. The molecule has 0 aliphatic rings. The maximum Gasteiger partial charge on any atom is 0.414 e. The van der Waals surface area contributed by atoms with Crippen molar-refractivity contribution in [1.29, 1.82) is 0 Å². The second-order valence-electron chi connectivity index (χ2n) is 6.65. The van der Waals surface area contributed by atoms with Crippen molar-refractivity contribution in [2.75, 3.05) is 18.2 Å². The van der Waals surface area contributed by atoms with Crippen LogP contribution in [0.2, 0.25) is 0 Å². The standard InChI is InChI=1S/C20H25NO3S/c1-20(2,3)24-19(22)21(4)17-13-16(25-5)11-12-18(17)23-14-15-9-7-6-8-10-15/h6-13H,14H2,1-5H3. The molecule has 0 spiro atoms. The van der Waals surface area contributed by atoms with E-state index < -0.39 is 11.7 Å². The number of benzene rings is 2. The van der Waals surface area contributed by atoms with Crippen LogP contribution in [0.15, 0.2) is 53.4 Å². The summed E-state index contributed by atoms with van der Waals surface area (Å²) in [5, 5.41) is 0. The number of hydrogen-bond acceptors (Lipinski definition) is 4. The van der Waals surface area contributed by atoms with Crippen molar-refractivity contribution in [2.24, 2.45) is 0 Å². The highest BCUT2D eigenvalue weighted by atomic mass is 32.2. The van der Waals surface area contributed by atoms with E-state index in [1.807, 2.05) is 75.6 Å². The fraction of sp³-hybridized carbons (Fsp3) is 0.350. The third kappa shape index (κ3) is 5.71. The molecule has 0 bridgehead atoms. The van der Waals surface area contributed by atoms with Crippen molar-refractivity contribution in [3.05, 3.63) is 54.1 Å². The molecule has 1 amide bonds. The summed E-state index contributed by atoms with van der Waals surface area (Å²) in [4.78, 5) is 15.0. The van der Waals surface area contributed by atoms with Crippen LogP contribution in [-0.2, 0) is 11.3 Å². The van der Waals surface area contributed by atoms with Gasteiger partial charge < -0.3 is 9.47 Å². The number of nitrogens with zero attached hydrogens (tertiary/aromatic N) is 1. The summed E-state index contributed by atoms with van der Waals surface area (Å²) in [5.74, 6) is 0.648. The minimum atomic E-state index is -0.548. The Kier molecular flexibility index (Phi) is 6.37. The van der Waals surface area contributed by atoms with Crippen LogP contribution in [-0.4, -0.2) is 25.0 Å². The molecular formula is C20H25NO3S. The number of rotatable bonds is 5. The minimum Gasteiger partial charge on any atom is -0.487 e. The lowest BCUT2D eigenvalue weighted by Gasteiger charge is -2.26. The van der Waals surface area contributed by atoms with Gasteiger partial charge in [-0.2, -0.15) is 0 Å². The zero-order valence-electron chi connectivity index (χ0n) is 15.4. The Balaban J connectivity index is 2.23. The summed E-state index contributed by atoms with van der Waals surface area (Å²) in [6, 6.07) is 15.8. The van der Waals surface area contributed by atoms with Crippen LogP contribution in [0.1, 0.15) is 26.3 Å². The molecule has 2 rings (SSSR count). The molecule has 0 aliphatic carbocycles. The van der Waals surface area contributed by atoms with Gasteiger partial charge in [0.15, 0.2) is 0 Å². The van der Waals surface area contributed by atoms with E-state index in [2.05, 4.69) is 0 Å². The molecule has 0 N–H and O–H groups in total. The van der Waals surface area contributed by atoms with E-state index in [9.17, 15) is 4.79 Å². The molecule has 0 saturated carbocycles. The van der Waals surface area contributed by atoms with E-state index in [4.69, 9.17) is 9.47 Å². The number of carbonyl (C=O) groups excluding carboxylic acids is 1. The van der Waals surface area contributed by atoms with Gasteiger partial charge in [-0.25, -0.2) is 4.79 Å². The van der Waals surface area contributed by atoms with E-state index in [0.717, 1.165) is 10.5 Å². The monoisotopic (exact) mass is 359 g/mol. The van der Waals surface area contributed by atoms with Gasteiger partial charge in [0.1, 0.15) is 18.0 Å². The maximum atomic E-state index is 12.4. The highest BCUT2D eigenvalue weighted by Crippen LogP contribution is 2.33. The number of ether oxygens (including phenoxy) is 2. The van der Waals surface area contributed by atoms with Crippen molar-refractivity contribution >= 4 is 23.5 Å². The predicted octanol–water partition coefficient (Wildman–Crippen LogP) is 5.36. The van der Waals surface area contributed by atoms with Crippen LogP contribution in [0.5, 0.6) is 5.75 Å². The normalized spacial score (nSPS) is 11.1. The highest BCUT2D eigenvalue weighted by molar-refractivity contribution is 7.98. The van der Waals surface area contributed by atoms with E-state index in [0.29, 0.717) is 18.0 Å². The molecule has 4 nitrogen and oxygen atoms in total. The molecule has 134 valence electrons. The summed E-state index contributed by atoms with van der Waals surface area (Å²) in [7, 11) is 1.70. The summed E-state index contributed by atoms with van der Waals surface area (Å²) < 4.78 is 11.4. The topological polar surface area (TPSA) is 38.8 Å². The molecule has 0 atom stereocenters. The lowest BCUT2D eigenvalue weighted by molar-refractivity contribution is 0.0588. The molecule has 0 heterocycles. The van der Waals surface area contributed by atoms with Gasteiger partial charge >= 0.3 is 6.09 Å². The predicted molar refractivity (Wildman–Crippen MR) is 104 cm³/mol. The van der Waals surface area contributed by atoms with Crippen LogP contribution in [0.4, 0.5) is 10.5 Å². The van der Waals surface area contributed by atoms with Gasteiger partial charge in [-0.15, -0.1) is 11.8 Å². The summed E-state index contributed by atoms with van der Waals surface area (Å²) in [6.45, 7) is 5.99. The number of hydrogen-bond donors (Lipinski definition) is 0. The molecule has 2 aromatic carbocycles. The minimum absolute atomic E-state index is 0.407. The van der Waals surface area contributed by atoms with Crippen molar-refractivity contribution < 1.29 is 14.3 Å².